The normalized spacial score (nSPS) is 40.6. The molecule has 2 rings (SSSR count). The predicted molar refractivity (Wildman–Crippen MR) is 53.4 cm³/mol. The molecule has 2 fully saturated rings. The molecule has 0 amide bonds. The zero-order valence-electron chi connectivity index (χ0n) is 7.92. The molecule has 0 spiro atoms. The minimum absolute atomic E-state index is 0.435. The molecule has 0 aromatic rings. The van der Waals surface area contributed by atoms with Gasteiger partial charge >= 0.3 is 0 Å². The topological polar surface area (TPSA) is 0 Å². The van der Waals surface area contributed by atoms with E-state index in [-0.39, 0.29) is 0 Å². The van der Waals surface area contributed by atoms with Gasteiger partial charge in [0.05, 0.1) is 15.7 Å². The largest absolute Gasteiger partial charge is 0.101 e. The summed E-state index contributed by atoms with van der Waals surface area (Å²) in [5.74, 6) is 2.77. The molecule has 2 bridgehead atoms. The number of hydrogen-bond acceptors (Lipinski definition) is 0. The molecule has 0 nitrogen and oxygen atoms in total. The molecule has 0 saturated heterocycles. The zero-order valence-corrected chi connectivity index (χ0v) is 7.92. The molecule has 0 heterocycles. The number of fused-ring (bicyclic) bond motifs is 2. The lowest BCUT2D eigenvalue weighted by Gasteiger charge is -2.26. The molecule has 4 radical (unpaired) electrons. The first-order valence-electron chi connectivity index (χ1n) is 5.14. The highest BCUT2D eigenvalue weighted by Crippen LogP contribution is 2.53. The van der Waals surface area contributed by atoms with Gasteiger partial charge in [-0.15, -0.1) is 5.21 Å². The molecule has 0 unspecified atom stereocenters. The van der Waals surface area contributed by atoms with Crippen molar-refractivity contribution in [2.45, 2.75) is 44.2 Å². The van der Waals surface area contributed by atoms with Crippen LogP contribution in [0.15, 0.2) is 0 Å². The van der Waals surface area contributed by atoms with Crippen molar-refractivity contribution in [1.82, 2.24) is 0 Å². The van der Waals surface area contributed by atoms with Gasteiger partial charge in [0.1, 0.15) is 0 Å². The monoisotopic (exact) mass is 158 g/mol. The van der Waals surface area contributed by atoms with Crippen LogP contribution in [0.4, 0.5) is 0 Å². The van der Waals surface area contributed by atoms with E-state index in [0.29, 0.717) is 0 Å². The van der Waals surface area contributed by atoms with Gasteiger partial charge < -0.3 is 0 Å². The third-order valence-corrected chi connectivity index (χ3v) is 3.70. The lowest BCUT2D eigenvalue weighted by atomic mass is 9.52. The summed E-state index contributed by atoms with van der Waals surface area (Å²) in [6, 6.07) is 0. The Balaban J connectivity index is 1.97. The first kappa shape index (κ1) is 8.72. The zero-order chi connectivity index (χ0) is 8.77. The van der Waals surface area contributed by atoms with Crippen molar-refractivity contribution < 1.29 is 0 Å². The summed E-state index contributed by atoms with van der Waals surface area (Å²) in [5.41, 5.74) is 0. The second-order valence-corrected chi connectivity index (χ2v) is 5.05. The second kappa shape index (κ2) is 2.82. The van der Waals surface area contributed by atoms with E-state index in [2.05, 4.69) is 0 Å². The summed E-state index contributed by atoms with van der Waals surface area (Å²) in [7, 11) is 11.7. The molecule has 2 heteroatoms. The average Bonchev–Trinajstić information content (AvgIpc) is 2.46. The Labute approximate surface area is 78.3 Å². The Morgan fingerprint density at radius 3 is 1.83 bits per heavy atom. The highest BCUT2D eigenvalue weighted by atomic mass is 14.5. The Kier molecular flexibility index (Phi) is 2.05. The van der Waals surface area contributed by atoms with Crippen LogP contribution in [-0.4, -0.2) is 15.7 Å². The highest BCUT2D eigenvalue weighted by Gasteiger charge is 2.42. The van der Waals surface area contributed by atoms with Crippen LogP contribution in [0.1, 0.15) is 39.0 Å². The Hall–Kier alpha value is 0.130. The van der Waals surface area contributed by atoms with E-state index in [0.717, 1.165) is 24.2 Å². The van der Waals surface area contributed by atoms with Crippen LogP contribution in [0, 0.1) is 17.8 Å². The average molecular weight is 158 g/mol. The summed E-state index contributed by atoms with van der Waals surface area (Å²) in [4.78, 5) is 0. The van der Waals surface area contributed by atoms with Crippen molar-refractivity contribution in [3.63, 3.8) is 0 Å². The van der Waals surface area contributed by atoms with Gasteiger partial charge in [0.15, 0.2) is 0 Å². The molecular formula is C10H16B2. The molecule has 2 aliphatic rings. The lowest BCUT2D eigenvalue weighted by Crippen LogP contribution is -2.17. The van der Waals surface area contributed by atoms with Crippen LogP contribution in [0.3, 0.4) is 0 Å². The van der Waals surface area contributed by atoms with E-state index in [1.807, 2.05) is 6.92 Å². The summed E-state index contributed by atoms with van der Waals surface area (Å²) in [6.45, 7) is 1.95. The molecule has 0 aromatic carbocycles. The van der Waals surface area contributed by atoms with E-state index >= 15 is 0 Å². The van der Waals surface area contributed by atoms with Crippen molar-refractivity contribution in [3.05, 3.63) is 0 Å². The number of hydrogen-bond donors (Lipinski definition) is 0. The van der Waals surface area contributed by atoms with Crippen LogP contribution in [0.2, 0.25) is 5.21 Å². The quantitative estimate of drug-likeness (QED) is 0.540. The van der Waals surface area contributed by atoms with E-state index in [4.69, 9.17) is 15.7 Å². The maximum atomic E-state index is 5.85. The van der Waals surface area contributed by atoms with Gasteiger partial charge in [0.25, 0.3) is 0 Å². The Morgan fingerprint density at radius 1 is 1.08 bits per heavy atom. The molecule has 0 N–H and O–H groups in total. The lowest BCUT2D eigenvalue weighted by molar-refractivity contribution is 0.362. The van der Waals surface area contributed by atoms with Gasteiger partial charge in [-0.1, -0.05) is 13.3 Å². The predicted octanol–water partition coefficient (Wildman–Crippen LogP) is 2.29. The molecule has 12 heavy (non-hydrogen) atoms. The Morgan fingerprint density at radius 2 is 1.50 bits per heavy atom. The summed E-state index contributed by atoms with van der Waals surface area (Å²) in [6.07, 6.45) is 6.77. The molecule has 0 atom stereocenters. The van der Waals surface area contributed by atoms with Gasteiger partial charge in [0, 0.05) is 0 Å². The Bertz CT molecular complexity index is 151. The van der Waals surface area contributed by atoms with E-state index in [1.54, 1.807) is 0 Å². The minimum Gasteiger partial charge on any atom is -0.101 e. The van der Waals surface area contributed by atoms with Gasteiger partial charge in [0.2, 0.25) is 0 Å². The molecule has 0 aliphatic heterocycles. The van der Waals surface area contributed by atoms with Crippen LogP contribution in [-0.2, 0) is 0 Å². The molecule has 2 saturated carbocycles. The van der Waals surface area contributed by atoms with Gasteiger partial charge in [-0.3, -0.25) is 0 Å². The van der Waals surface area contributed by atoms with Crippen molar-refractivity contribution in [3.8, 4) is 0 Å². The van der Waals surface area contributed by atoms with Crippen LogP contribution in [0.5, 0.6) is 0 Å². The first-order chi connectivity index (χ1) is 5.56. The SMILES string of the molecule is [B]C([B])(C)CC1C2CCC1CC2. The van der Waals surface area contributed by atoms with Crippen molar-refractivity contribution in [2.75, 3.05) is 0 Å². The van der Waals surface area contributed by atoms with Crippen molar-refractivity contribution in [2.24, 2.45) is 17.8 Å². The third-order valence-electron chi connectivity index (χ3n) is 3.70. The highest BCUT2D eigenvalue weighted by molar-refractivity contribution is 6.39. The standard InChI is InChI=1S/C10H16B2/c1-10(11,12)6-9-7-2-3-8(9)5-4-7/h7-9H,2-6H2,1H3. The number of rotatable bonds is 2. The molecule has 2 aliphatic carbocycles. The minimum atomic E-state index is -0.435. The smallest absolute Gasteiger partial charge is 0.0617 e. The molecular weight excluding hydrogens is 142 g/mol. The maximum Gasteiger partial charge on any atom is 0.0617 e. The summed E-state index contributed by atoms with van der Waals surface area (Å²) in [5, 5.41) is -0.435. The molecule has 0 aromatic heterocycles. The first-order valence-corrected chi connectivity index (χ1v) is 5.14. The van der Waals surface area contributed by atoms with E-state index in [9.17, 15) is 0 Å². The van der Waals surface area contributed by atoms with E-state index < -0.39 is 5.21 Å². The molecule has 62 valence electrons. The summed E-state index contributed by atoms with van der Waals surface area (Å²) < 4.78 is 0. The second-order valence-electron chi connectivity index (χ2n) is 5.05. The maximum absolute atomic E-state index is 5.85. The fraction of sp³-hybridized carbons (Fsp3) is 1.00. The van der Waals surface area contributed by atoms with Gasteiger partial charge in [-0.25, -0.2) is 0 Å². The summed E-state index contributed by atoms with van der Waals surface area (Å²) >= 11 is 0. The van der Waals surface area contributed by atoms with Gasteiger partial charge in [-0.2, -0.15) is 0 Å². The van der Waals surface area contributed by atoms with Crippen LogP contribution >= 0.6 is 0 Å². The van der Waals surface area contributed by atoms with Crippen molar-refractivity contribution >= 4 is 15.7 Å². The fourth-order valence-electron chi connectivity index (χ4n) is 3.23. The van der Waals surface area contributed by atoms with Crippen LogP contribution in [0.25, 0.3) is 0 Å². The third kappa shape index (κ3) is 1.58. The van der Waals surface area contributed by atoms with Crippen LogP contribution < -0.4 is 0 Å². The van der Waals surface area contributed by atoms with E-state index in [1.165, 1.54) is 25.7 Å². The fourth-order valence-corrected chi connectivity index (χ4v) is 3.23. The van der Waals surface area contributed by atoms with Crippen molar-refractivity contribution in [1.29, 1.82) is 0 Å². The van der Waals surface area contributed by atoms with Gasteiger partial charge in [-0.05, 0) is 43.4 Å².